The molecule has 8 heteroatoms. The first-order valence-corrected chi connectivity index (χ1v) is 10.5. The minimum atomic E-state index is -3.02. The lowest BCUT2D eigenvalue weighted by Crippen LogP contribution is -2.35. The number of pyridine rings is 1. The van der Waals surface area contributed by atoms with Crippen LogP contribution in [0.2, 0.25) is 0 Å². The first-order valence-electron chi connectivity index (χ1n) is 8.65. The topological polar surface area (TPSA) is 89.8 Å². The highest BCUT2D eigenvalue weighted by molar-refractivity contribution is 7.91. The van der Waals surface area contributed by atoms with Crippen molar-refractivity contribution >= 4 is 21.4 Å². The quantitative estimate of drug-likeness (QED) is 0.724. The number of nitrogens with zero attached hydrogens (tertiary/aromatic N) is 2. The van der Waals surface area contributed by atoms with E-state index in [2.05, 4.69) is 10.3 Å². The van der Waals surface area contributed by atoms with Crippen LogP contribution in [0, 0.1) is 0 Å². The number of hydrogen-bond acceptors (Lipinski definition) is 5. The highest BCUT2D eigenvalue weighted by Gasteiger charge is 2.29. The van der Waals surface area contributed by atoms with Crippen LogP contribution in [0.4, 0.5) is 0 Å². The zero-order valence-electron chi connectivity index (χ0n) is 14.5. The van der Waals surface area contributed by atoms with Crippen molar-refractivity contribution in [1.82, 2.24) is 14.7 Å². The van der Waals surface area contributed by atoms with Gasteiger partial charge in [-0.1, -0.05) is 6.07 Å². The summed E-state index contributed by atoms with van der Waals surface area (Å²) in [5.74, 6) is 0.503. The Morgan fingerprint density at radius 3 is 2.74 bits per heavy atom. The molecule has 27 heavy (non-hydrogen) atoms. The summed E-state index contributed by atoms with van der Waals surface area (Å²) < 4.78 is 30.6. The van der Waals surface area contributed by atoms with Gasteiger partial charge < -0.3 is 14.5 Å². The van der Waals surface area contributed by atoms with Gasteiger partial charge in [-0.15, -0.1) is 0 Å². The number of carbonyl (C=O) groups excluding carboxylic acids is 1. The van der Waals surface area contributed by atoms with Gasteiger partial charge in [0.05, 0.1) is 17.2 Å². The monoisotopic (exact) mass is 385 g/mol. The molecule has 1 aliphatic rings. The molecule has 0 bridgehead atoms. The van der Waals surface area contributed by atoms with E-state index >= 15 is 0 Å². The van der Waals surface area contributed by atoms with Crippen LogP contribution in [0.25, 0.3) is 5.65 Å². The fraction of sp³-hybridized carbons (Fsp3) is 0.263. The minimum Gasteiger partial charge on any atom is -0.487 e. The molecular weight excluding hydrogens is 366 g/mol. The van der Waals surface area contributed by atoms with E-state index in [1.807, 2.05) is 35.0 Å². The van der Waals surface area contributed by atoms with Crippen molar-refractivity contribution in [2.45, 2.75) is 19.1 Å². The molecule has 0 saturated carbocycles. The van der Waals surface area contributed by atoms with Gasteiger partial charge in [0.1, 0.15) is 18.0 Å². The SMILES string of the molecule is O=C(N[C@@H]1CCS(=O)(=O)C1)c1ccc(OCc2cn3ccccc3n2)cc1. The molecule has 3 heterocycles. The summed E-state index contributed by atoms with van der Waals surface area (Å²) in [6.45, 7) is 0.327. The largest absolute Gasteiger partial charge is 0.487 e. The number of amides is 1. The molecule has 0 aliphatic carbocycles. The van der Waals surface area contributed by atoms with Crippen molar-refractivity contribution in [3.63, 3.8) is 0 Å². The van der Waals surface area contributed by atoms with Crippen LogP contribution in [0.3, 0.4) is 0 Å². The minimum absolute atomic E-state index is 0.0128. The Bertz CT molecular complexity index is 1040. The van der Waals surface area contributed by atoms with Gasteiger partial charge in [0, 0.05) is 24.0 Å². The first kappa shape index (κ1) is 17.5. The van der Waals surface area contributed by atoms with E-state index < -0.39 is 9.84 Å². The number of fused-ring (bicyclic) bond motifs is 1. The third-order valence-corrected chi connectivity index (χ3v) is 6.25. The van der Waals surface area contributed by atoms with E-state index in [9.17, 15) is 13.2 Å². The molecule has 7 nitrogen and oxygen atoms in total. The van der Waals surface area contributed by atoms with E-state index in [-0.39, 0.29) is 23.5 Å². The maximum atomic E-state index is 12.2. The second-order valence-corrected chi connectivity index (χ2v) is 8.81. The van der Waals surface area contributed by atoms with Gasteiger partial charge in [0.2, 0.25) is 0 Å². The van der Waals surface area contributed by atoms with Crippen LogP contribution in [-0.4, -0.2) is 41.3 Å². The Hall–Kier alpha value is -2.87. The molecule has 1 aromatic carbocycles. The summed E-state index contributed by atoms with van der Waals surface area (Å²) in [5.41, 5.74) is 2.14. The average molecular weight is 385 g/mol. The third-order valence-electron chi connectivity index (χ3n) is 4.48. The molecule has 1 atom stereocenters. The van der Waals surface area contributed by atoms with Crippen molar-refractivity contribution in [2.24, 2.45) is 0 Å². The summed E-state index contributed by atoms with van der Waals surface area (Å²) in [4.78, 5) is 16.7. The number of carbonyl (C=O) groups is 1. The fourth-order valence-electron chi connectivity index (χ4n) is 3.09. The van der Waals surface area contributed by atoms with Crippen molar-refractivity contribution in [2.75, 3.05) is 11.5 Å². The lowest BCUT2D eigenvalue weighted by atomic mass is 10.2. The van der Waals surface area contributed by atoms with Crippen LogP contribution < -0.4 is 10.1 Å². The molecule has 1 aliphatic heterocycles. The normalized spacial score (nSPS) is 18.4. The molecule has 1 amide bonds. The Balaban J connectivity index is 1.35. The Labute approximate surface area is 156 Å². The van der Waals surface area contributed by atoms with Gasteiger partial charge in [-0.3, -0.25) is 4.79 Å². The molecular formula is C19H19N3O4S. The third kappa shape index (κ3) is 4.11. The lowest BCUT2D eigenvalue weighted by molar-refractivity contribution is 0.0941. The number of ether oxygens (including phenoxy) is 1. The van der Waals surface area contributed by atoms with Gasteiger partial charge in [-0.05, 0) is 42.8 Å². The number of sulfone groups is 1. The first-order chi connectivity index (χ1) is 13.0. The van der Waals surface area contributed by atoms with E-state index in [0.29, 0.717) is 24.3 Å². The Kier molecular flexibility index (Phi) is 4.57. The highest BCUT2D eigenvalue weighted by atomic mass is 32.2. The lowest BCUT2D eigenvalue weighted by Gasteiger charge is -2.11. The van der Waals surface area contributed by atoms with Crippen LogP contribution in [0.15, 0.2) is 54.9 Å². The van der Waals surface area contributed by atoms with Gasteiger partial charge in [-0.25, -0.2) is 13.4 Å². The van der Waals surface area contributed by atoms with Crippen molar-refractivity contribution in [1.29, 1.82) is 0 Å². The standard InChI is InChI=1S/C19H19N3O4S/c23-19(21-15-8-10-27(24,25)13-15)14-4-6-17(7-5-14)26-12-16-11-22-9-2-1-3-18(22)20-16/h1-7,9,11,15H,8,10,12-13H2,(H,21,23)/t15-/m1/s1. The molecule has 0 unspecified atom stereocenters. The smallest absolute Gasteiger partial charge is 0.251 e. The summed E-state index contributed by atoms with van der Waals surface area (Å²) in [6.07, 6.45) is 4.30. The number of imidazole rings is 1. The Morgan fingerprint density at radius 1 is 1.22 bits per heavy atom. The number of nitrogens with one attached hydrogen (secondary N) is 1. The van der Waals surface area contributed by atoms with Crippen molar-refractivity contribution in [3.8, 4) is 5.75 Å². The second kappa shape index (κ2) is 7.03. The van der Waals surface area contributed by atoms with Gasteiger partial charge >= 0.3 is 0 Å². The molecule has 0 radical (unpaired) electrons. The average Bonchev–Trinajstić information content (AvgIpc) is 3.22. The maximum absolute atomic E-state index is 12.2. The van der Waals surface area contributed by atoms with E-state index in [4.69, 9.17) is 4.74 Å². The maximum Gasteiger partial charge on any atom is 0.251 e. The van der Waals surface area contributed by atoms with E-state index in [1.54, 1.807) is 24.3 Å². The van der Waals surface area contributed by atoms with Gasteiger partial charge in [0.25, 0.3) is 5.91 Å². The van der Waals surface area contributed by atoms with Crippen LogP contribution in [0.1, 0.15) is 22.5 Å². The van der Waals surface area contributed by atoms with Crippen molar-refractivity contribution < 1.29 is 17.9 Å². The van der Waals surface area contributed by atoms with Crippen LogP contribution in [-0.2, 0) is 16.4 Å². The molecule has 1 saturated heterocycles. The molecule has 1 N–H and O–H groups in total. The van der Waals surface area contributed by atoms with E-state index in [0.717, 1.165) is 11.3 Å². The summed E-state index contributed by atoms with van der Waals surface area (Å²) >= 11 is 0. The number of hydrogen-bond donors (Lipinski definition) is 1. The Morgan fingerprint density at radius 2 is 2.04 bits per heavy atom. The molecule has 0 spiro atoms. The summed E-state index contributed by atoms with van der Waals surface area (Å²) in [5, 5.41) is 2.77. The number of benzene rings is 1. The predicted molar refractivity (Wildman–Crippen MR) is 100 cm³/mol. The predicted octanol–water partition coefficient (Wildman–Crippen LogP) is 1.83. The molecule has 1 fully saturated rings. The fourth-order valence-corrected chi connectivity index (χ4v) is 4.77. The van der Waals surface area contributed by atoms with Crippen LogP contribution >= 0.6 is 0 Å². The number of rotatable bonds is 5. The van der Waals surface area contributed by atoms with Crippen LogP contribution in [0.5, 0.6) is 5.75 Å². The van der Waals surface area contributed by atoms with E-state index in [1.165, 1.54) is 0 Å². The number of aromatic nitrogens is 2. The zero-order chi connectivity index (χ0) is 18.9. The summed E-state index contributed by atoms with van der Waals surface area (Å²) in [6, 6.07) is 12.2. The highest BCUT2D eigenvalue weighted by Crippen LogP contribution is 2.16. The molecule has 4 rings (SSSR count). The van der Waals surface area contributed by atoms with Gasteiger partial charge in [0.15, 0.2) is 9.84 Å². The second-order valence-electron chi connectivity index (χ2n) is 6.58. The van der Waals surface area contributed by atoms with Gasteiger partial charge in [-0.2, -0.15) is 0 Å². The van der Waals surface area contributed by atoms with Crippen molar-refractivity contribution in [3.05, 3.63) is 66.1 Å². The zero-order valence-corrected chi connectivity index (χ0v) is 15.4. The molecule has 2 aromatic heterocycles. The summed E-state index contributed by atoms with van der Waals surface area (Å²) in [7, 11) is -3.02. The molecule has 3 aromatic rings. The molecule has 140 valence electrons.